The Kier molecular flexibility index (Phi) is 5.60. The van der Waals surface area contributed by atoms with E-state index in [2.05, 4.69) is 11.4 Å². The summed E-state index contributed by atoms with van der Waals surface area (Å²) < 4.78 is 39.5. The average molecular weight is 417 g/mol. The van der Waals surface area contributed by atoms with E-state index >= 15 is 0 Å². The number of carbonyl (C=O) groups is 1. The first-order valence-corrected chi connectivity index (χ1v) is 10.8. The molecule has 1 N–H and O–H groups in total. The molecular formula is C24H29F2NO3. The van der Waals surface area contributed by atoms with Gasteiger partial charge in [0.1, 0.15) is 12.4 Å². The zero-order valence-electron chi connectivity index (χ0n) is 17.5. The molecule has 1 aliphatic heterocycles. The molecule has 4 nitrogen and oxygen atoms in total. The first kappa shape index (κ1) is 20.9. The molecular weight excluding hydrogens is 388 g/mol. The van der Waals surface area contributed by atoms with Crippen LogP contribution in [0.3, 0.4) is 0 Å². The van der Waals surface area contributed by atoms with Gasteiger partial charge in [0.15, 0.2) is 0 Å². The lowest BCUT2D eigenvalue weighted by Crippen LogP contribution is -2.37. The zero-order chi connectivity index (χ0) is 21.4. The van der Waals surface area contributed by atoms with Crippen molar-refractivity contribution < 1.29 is 23.0 Å². The fraction of sp³-hybridized carbons (Fsp3) is 0.542. The highest BCUT2D eigenvalue weighted by Crippen LogP contribution is 2.40. The highest BCUT2D eigenvalue weighted by molar-refractivity contribution is 5.85. The number of carbonyl (C=O) groups excluding carboxylic acids is 1. The third kappa shape index (κ3) is 4.23. The van der Waals surface area contributed by atoms with E-state index in [9.17, 15) is 13.6 Å². The van der Waals surface area contributed by atoms with Crippen LogP contribution < -0.4 is 10.1 Å². The fourth-order valence-corrected chi connectivity index (χ4v) is 4.64. The van der Waals surface area contributed by atoms with E-state index in [0.717, 1.165) is 22.1 Å². The molecule has 1 saturated heterocycles. The van der Waals surface area contributed by atoms with Crippen molar-refractivity contribution in [3.8, 4) is 5.75 Å². The van der Waals surface area contributed by atoms with Crippen LogP contribution in [0.4, 0.5) is 13.6 Å². The molecule has 2 fully saturated rings. The molecule has 162 valence electrons. The number of cyclic esters (lactones) is 1. The molecule has 4 rings (SSSR count). The van der Waals surface area contributed by atoms with Crippen LogP contribution in [0.5, 0.6) is 5.75 Å². The molecule has 1 atom stereocenters. The summed E-state index contributed by atoms with van der Waals surface area (Å²) in [7, 11) is 0. The Hall–Kier alpha value is -2.37. The standard InChI is InChI=1S/C24H29F2NO3/c1-3-12-24(25,26)18-7-10-20(11-8-18)30-21-9-5-16-13-19(6-4-17(16)14-21)23(2)15-29-22(28)27-23/h4-6,9,13-14,18,20H,3,7-8,10-12,15H2,1-2H3,(H,27,28)/t18?,20?,23-/m0/s1. The van der Waals surface area contributed by atoms with Crippen LogP contribution >= 0.6 is 0 Å². The monoisotopic (exact) mass is 417 g/mol. The highest BCUT2D eigenvalue weighted by Gasteiger charge is 2.40. The predicted octanol–water partition coefficient (Wildman–Crippen LogP) is 6.17. The number of alkyl carbamates (subject to hydrolysis) is 1. The molecule has 1 amide bonds. The van der Waals surface area contributed by atoms with Gasteiger partial charge in [-0.3, -0.25) is 0 Å². The third-order valence-corrected chi connectivity index (χ3v) is 6.48. The molecule has 0 spiro atoms. The van der Waals surface area contributed by atoms with E-state index in [1.165, 1.54) is 0 Å². The molecule has 1 saturated carbocycles. The first-order chi connectivity index (χ1) is 14.3. The van der Waals surface area contributed by atoms with Crippen molar-refractivity contribution in [3.63, 3.8) is 0 Å². The Bertz CT molecular complexity index is 924. The van der Waals surface area contributed by atoms with Gasteiger partial charge >= 0.3 is 6.09 Å². The van der Waals surface area contributed by atoms with Gasteiger partial charge in [-0.2, -0.15) is 0 Å². The van der Waals surface area contributed by atoms with Crippen LogP contribution in [-0.2, 0) is 10.3 Å². The molecule has 6 heteroatoms. The molecule has 1 aliphatic carbocycles. The lowest BCUT2D eigenvalue weighted by atomic mass is 9.82. The second kappa shape index (κ2) is 8.05. The van der Waals surface area contributed by atoms with Crippen molar-refractivity contribution in [2.24, 2.45) is 5.92 Å². The Morgan fingerprint density at radius 2 is 1.83 bits per heavy atom. The summed E-state index contributed by atoms with van der Waals surface area (Å²) in [5.74, 6) is -2.31. The van der Waals surface area contributed by atoms with E-state index in [1.54, 1.807) is 0 Å². The number of halogens is 2. The SMILES string of the molecule is CCCC(F)(F)C1CCC(Oc2ccc3cc([C@]4(C)COC(=O)N4)ccc3c2)CC1. The first-order valence-electron chi connectivity index (χ1n) is 10.8. The Labute approximate surface area is 175 Å². The normalized spacial score (nSPS) is 27.0. The Morgan fingerprint density at radius 1 is 1.13 bits per heavy atom. The number of hydrogen-bond acceptors (Lipinski definition) is 3. The van der Waals surface area contributed by atoms with Crippen molar-refractivity contribution in [2.75, 3.05) is 6.61 Å². The summed E-state index contributed by atoms with van der Waals surface area (Å²) >= 11 is 0. The van der Waals surface area contributed by atoms with Crippen LogP contribution in [0.1, 0.15) is 57.9 Å². The number of rotatable bonds is 6. The number of benzene rings is 2. The van der Waals surface area contributed by atoms with E-state index in [-0.39, 0.29) is 12.5 Å². The third-order valence-electron chi connectivity index (χ3n) is 6.48. The van der Waals surface area contributed by atoms with Crippen molar-refractivity contribution in [1.82, 2.24) is 5.32 Å². The summed E-state index contributed by atoms with van der Waals surface area (Å²) in [5.41, 5.74) is 0.458. The molecule has 0 unspecified atom stereocenters. The molecule has 30 heavy (non-hydrogen) atoms. The second-order valence-electron chi connectivity index (χ2n) is 8.86. The van der Waals surface area contributed by atoms with Crippen LogP contribution in [-0.4, -0.2) is 24.7 Å². The maximum absolute atomic E-state index is 14.2. The van der Waals surface area contributed by atoms with Crippen molar-refractivity contribution in [3.05, 3.63) is 42.0 Å². The van der Waals surface area contributed by atoms with Gasteiger partial charge in [0.05, 0.1) is 11.6 Å². The van der Waals surface area contributed by atoms with Crippen LogP contribution in [0.2, 0.25) is 0 Å². The maximum atomic E-state index is 14.2. The van der Waals surface area contributed by atoms with Gasteiger partial charge < -0.3 is 14.8 Å². The van der Waals surface area contributed by atoms with E-state index in [0.29, 0.717) is 38.7 Å². The van der Waals surface area contributed by atoms with Gasteiger partial charge in [0, 0.05) is 12.3 Å². The van der Waals surface area contributed by atoms with Crippen LogP contribution in [0, 0.1) is 5.92 Å². The van der Waals surface area contributed by atoms with Gasteiger partial charge in [-0.1, -0.05) is 31.5 Å². The summed E-state index contributed by atoms with van der Waals surface area (Å²) in [6.07, 6.45) is 2.44. The van der Waals surface area contributed by atoms with Gasteiger partial charge in [0.25, 0.3) is 5.92 Å². The molecule has 0 radical (unpaired) electrons. The molecule has 2 aromatic carbocycles. The number of ether oxygens (including phenoxy) is 2. The molecule has 2 aliphatic rings. The number of amides is 1. The molecule has 0 bridgehead atoms. The van der Waals surface area contributed by atoms with Gasteiger partial charge in [0.2, 0.25) is 0 Å². The minimum atomic E-state index is -2.55. The fourth-order valence-electron chi connectivity index (χ4n) is 4.64. The summed E-state index contributed by atoms with van der Waals surface area (Å²) in [5, 5.41) is 4.94. The van der Waals surface area contributed by atoms with Gasteiger partial charge in [-0.25, -0.2) is 13.6 Å². The average Bonchev–Trinajstić information content (AvgIpc) is 3.08. The van der Waals surface area contributed by atoms with Crippen molar-refractivity contribution in [1.29, 1.82) is 0 Å². The van der Waals surface area contributed by atoms with Crippen molar-refractivity contribution in [2.45, 2.75) is 69.9 Å². The van der Waals surface area contributed by atoms with Gasteiger partial charge in [-0.05, 0) is 67.1 Å². The largest absolute Gasteiger partial charge is 0.490 e. The number of fused-ring (bicyclic) bond motifs is 1. The minimum absolute atomic E-state index is 0.0137. The Balaban J connectivity index is 1.41. The van der Waals surface area contributed by atoms with Crippen molar-refractivity contribution >= 4 is 16.9 Å². The summed E-state index contributed by atoms with van der Waals surface area (Å²) in [6, 6.07) is 12.0. The summed E-state index contributed by atoms with van der Waals surface area (Å²) in [6.45, 7) is 4.05. The Morgan fingerprint density at radius 3 is 2.50 bits per heavy atom. The predicted molar refractivity (Wildman–Crippen MR) is 112 cm³/mol. The quantitative estimate of drug-likeness (QED) is 0.612. The second-order valence-corrected chi connectivity index (χ2v) is 8.86. The zero-order valence-corrected chi connectivity index (χ0v) is 17.5. The number of alkyl halides is 2. The minimum Gasteiger partial charge on any atom is -0.490 e. The summed E-state index contributed by atoms with van der Waals surface area (Å²) in [4.78, 5) is 11.4. The van der Waals surface area contributed by atoms with E-state index in [1.807, 2.05) is 44.2 Å². The van der Waals surface area contributed by atoms with Crippen LogP contribution in [0.15, 0.2) is 36.4 Å². The smallest absolute Gasteiger partial charge is 0.408 e. The topological polar surface area (TPSA) is 47.6 Å². The van der Waals surface area contributed by atoms with E-state index in [4.69, 9.17) is 9.47 Å². The number of hydrogen-bond donors (Lipinski definition) is 1. The highest BCUT2D eigenvalue weighted by atomic mass is 19.3. The number of nitrogens with one attached hydrogen (secondary N) is 1. The molecule has 1 heterocycles. The maximum Gasteiger partial charge on any atom is 0.408 e. The van der Waals surface area contributed by atoms with E-state index < -0.39 is 23.5 Å². The lowest BCUT2D eigenvalue weighted by molar-refractivity contribution is -0.0858. The molecule has 0 aromatic heterocycles. The van der Waals surface area contributed by atoms with Gasteiger partial charge in [-0.15, -0.1) is 0 Å². The van der Waals surface area contributed by atoms with Crippen LogP contribution in [0.25, 0.3) is 10.8 Å². The lowest BCUT2D eigenvalue weighted by Gasteiger charge is -2.33. The molecule has 2 aromatic rings.